The van der Waals surface area contributed by atoms with Gasteiger partial charge in [0.1, 0.15) is 10.8 Å². The SMILES string of the molecule is COc1ccccc1-c1cc(C(F)(F)F)n2nc(C(=O)OC[C@@H]3CCCN4CCCC[C@H]34)c(Cl)c2n1. The second-order valence-electron chi connectivity index (χ2n) is 9.22. The van der Waals surface area contributed by atoms with Crippen molar-refractivity contribution in [2.24, 2.45) is 5.92 Å². The van der Waals surface area contributed by atoms with Crippen LogP contribution in [-0.2, 0) is 10.9 Å². The van der Waals surface area contributed by atoms with Gasteiger partial charge in [-0.25, -0.2) is 14.3 Å². The fourth-order valence-electron chi connectivity index (χ4n) is 5.34. The Morgan fingerprint density at radius 3 is 2.72 bits per heavy atom. The third-order valence-electron chi connectivity index (χ3n) is 7.06. The van der Waals surface area contributed by atoms with E-state index >= 15 is 0 Å². The maximum Gasteiger partial charge on any atom is 0.433 e. The highest BCUT2D eigenvalue weighted by molar-refractivity contribution is 6.36. The van der Waals surface area contributed by atoms with Crippen LogP contribution in [0.25, 0.3) is 16.9 Å². The molecule has 2 saturated heterocycles. The highest BCUT2D eigenvalue weighted by Crippen LogP contribution is 2.37. The lowest BCUT2D eigenvalue weighted by Crippen LogP contribution is -2.49. The standard InChI is InChI=1S/C25H26ClF3N4O3/c1-35-19-10-3-2-8-16(19)17-13-20(25(27,28)29)33-23(30-17)21(26)22(31-33)24(34)36-14-15-7-6-12-32-11-5-4-9-18(15)32/h2-3,8,10,13,15,18H,4-7,9,11-12,14H2,1H3/t15-,18+/m0/s1. The number of nitrogens with zero attached hydrogens (tertiary/aromatic N) is 4. The number of benzene rings is 1. The van der Waals surface area contributed by atoms with Crippen LogP contribution in [0.2, 0.25) is 5.02 Å². The smallest absolute Gasteiger partial charge is 0.433 e. The number of fused-ring (bicyclic) bond motifs is 2. The van der Waals surface area contributed by atoms with E-state index in [1.807, 2.05) is 0 Å². The van der Waals surface area contributed by atoms with Crippen molar-refractivity contribution in [3.63, 3.8) is 0 Å². The number of aromatic nitrogens is 3. The summed E-state index contributed by atoms with van der Waals surface area (Å²) in [6.07, 6.45) is 0.562. The van der Waals surface area contributed by atoms with Crippen LogP contribution in [0.1, 0.15) is 48.3 Å². The van der Waals surface area contributed by atoms with Crippen LogP contribution in [0.15, 0.2) is 30.3 Å². The van der Waals surface area contributed by atoms with Crippen LogP contribution >= 0.6 is 11.6 Å². The third-order valence-corrected chi connectivity index (χ3v) is 7.40. The lowest BCUT2D eigenvalue weighted by atomic mass is 9.84. The van der Waals surface area contributed by atoms with Crippen molar-refractivity contribution in [2.45, 2.75) is 44.3 Å². The molecule has 36 heavy (non-hydrogen) atoms. The van der Waals surface area contributed by atoms with Gasteiger partial charge in [-0.1, -0.05) is 30.2 Å². The van der Waals surface area contributed by atoms with Crippen molar-refractivity contribution < 1.29 is 27.4 Å². The number of alkyl halides is 3. The molecule has 3 aromatic rings. The molecule has 2 aliphatic heterocycles. The van der Waals surface area contributed by atoms with Crippen LogP contribution in [-0.4, -0.2) is 58.3 Å². The molecule has 0 bridgehead atoms. The van der Waals surface area contributed by atoms with Crippen molar-refractivity contribution in [1.29, 1.82) is 0 Å². The second kappa shape index (κ2) is 9.89. The lowest BCUT2D eigenvalue weighted by molar-refractivity contribution is -0.142. The van der Waals surface area contributed by atoms with Crippen LogP contribution in [0.4, 0.5) is 13.2 Å². The molecule has 1 aromatic carbocycles. The molecule has 192 valence electrons. The lowest BCUT2D eigenvalue weighted by Gasteiger charge is -2.44. The number of esters is 1. The number of piperidine rings is 2. The summed E-state index contributed by atoms with van der Waals surface area (Å²) in [5, 5.41) is 3.60. The van der Waals surface area contributed by atoms with Gasteiger partial charge in [0.25, 0.3) is 0 Å². The Kier molecular flexibility index (Phi) is 6.82. The van der Waals surface area contributed by atoms with Gasteiger partial charge in [-0.3, -0.25) is 4.90 Å². The number of para-hydroxylation sites is 1. The van der Waals surface area contributed by atoms with Gasteiger partial charge in [0.15, 0.2) is 17.0 Å². The first-order chi connectivity index (χ1) is 17.3. The van der Waals surface area contributed by atoms with Gasteiger partial charge < -0.3 is 9.47 Å². The van der Waals surface area contributed by atoms with Crippen molar-refractivity contribution in [3.8, 4) is 17.0 Å². The summed E-state index contributed by atoms with van der Waals surface area (Å²) in [6.45, 7) is 2.28. The Balaban J connectivity index is 1.47. The van der Waals surface area contributed by atoms with Crippen molar-refractivity contribution in [1.82, 2.24) is 19.5 Å². The number of rotatable bonds is 5. The average molecular weight is 523 g/mol. The van der Waals surface area contributed by atoms with Gasteiger partial charge in [0, 0.05) is 17.5 Å². The fraction of sp³-hybridized carbons (Fsp3) is 0.480. The topological polar surface area (TPSA) is 69.0 Å². The Labute approximate surface area is 211 Å². The Morgan fingerprint density at radius 1 is 1.17 bits per heavy atom. The molecule has 7 nitrogen and oxygen atoms in total. The molecule has 0 unspecified atom stereocenters. The van der Waals surface area contributed by atoms with Gasteiger partial charge in [-0.05, 0) is 57.0 Å². The summed E-state index contributed by atoms with van der Waals surface area (Å²) in [7, 11) is 1.42. The Morgan fingerprint density at radius 2 is 1.94 bits per heavy atom. The first-order valence-corrected chi connectivity index (χ1v) is 12.4. The first kappa shape index (κ1) is 24.8. The molecule has 4 heterocycles. The van der Waals surface area contributed by atoms with Gasteiger partial charge in [-0.2, -0.15) is 18.3 Å². The zero-order valence-electron chi connectivity index (χ0n) is 19.7. The third kappa shape index (κ3) is 4.64. The summed E-state index contributed by atoms with van der Waals surface area (Å²) in [5.41, 5.74) is -1.43. The van der Waals surface area contributed by atoms with Gasteiger partial charge in [-0.15, -0.1) is 0 Å². The molecule has 0 N–H and O–H groups in total. The molecule has 2 aliphatic rings. The summed E-state index contributed by atoms with van der Waals surface area (Å²) in [6, 6.07) is 7.80. The maximum atomic E-state index is 14.0. The minimum atomic E-state index is -4.78. The second-order valence-corrected chi connectivity index (χ2v) is 9.60. The minimum absolute atomic E-state index is 0.00594. The van der Waals surface area contributed by atoms with Crippen molar-refractivity contribution in [2.75, 3.05) is 26.8 Å². The van der Waals surface area contributed by atoms with Crippen LogP contribution in [0.5, 0.6) is 5.75 Å². The molecule has 2 fully saturated rings. The molecule has 0 saturated carbocycles. The number of hydrogen-bond donors (Lipinski definition) is 0. The maximum absolute atomic E-state index is 14.0. The van der Waals surface area contributed by atoms with E-state index in [-0.39, 0.29) is 34.6 Å². The zero-order valence-corrected chi connectivity index (χ0v) is 20.5. The molecule has 11 heteroatoms. The number of halogens is 4. The largest absolute Gasteiger partial charge is 0.496 e. The van der Waals surface area contributed by atoms with E-state index in [4.69, 9.17) is 21.1 Å². The summed E-state index contributed by atoms with van der Waals surface area (Å²) >= 11 is 6.39. The monoisotopic (exact) mass is 522 g/mol. The van der Waals surface area contributed by atoms with Crippen LogP contribution in [0.3, 0.4) is 0 Å². The summed E-state index contributed by atoms with van der Waals surface area (Å²) < 4.78 is 53.4. The molecular formula is C25H26ClF3N4O3. The highest BCUT2D eigenvalue weighted by atomic mass is 35.5. The van der Waals surface area contributed by atoms with Gasteiger partial charge in [0.2, 0.25) is 0 Å². The van der Waals surface area contributed by atoms with E-state index in [1.54, 1.807) is 24.3 Å². The summed E-state index contributed by atoms with van der Waals surface area (Å²) in [5.74, 6) is -0.327. The molecular weight excluding hydrogens is 497 g/mol. The molecule has 0 aliphatic carbocycles. The van der Waals surface area contributed by atoms with Crippen LogP contribution in [0, 0.1) is 5.92 Å². The minimum Gasteiger partial charge on any atom is -0.496 e. The van der Waals surface area contributed by atoms with E-state index in [1.165, 1.54) is 13.5 Å². The van der Waals surface area contributed by atoms with Gasteiger partial charge >= 0.3 is 12.1 Å². The Bertz CT molecular complexity index is 1280. The van der Waals surface area contributed by atoms with E-state index in [0.717, 1.165) is 44.8 Å². The fourth-order valence-corrected chi connectivity index (χ4v) is 5.58. The van der Waals surface area contributed by atoms with E-state index < -0.39 is 17.8 Å². The summed E-state index contributed by atoms with van der Waals surface area (Å²) in [4.78, 5) is 19.7. The van der Waals surface area contributed by atoms with E-state index in [2.05, 4.69) is 15.0 Å². The normalized spacial score (nSPS) is 20.8. The molecule has 2 aromatic heterocycles. The molecule has 0 spiro atoms. The van der Waals surface area contributed by atoms with Crippen LogP contribution < -0.4 is 4.74 Å². The van der Waals surface area contributed by atoms with Crippen molar-refractivity contribution in [3.05, 3.63) is 46.7 Å². The predicted molar refractivity (Wildman–Crippen MR) is 127 cm³/mol. The number of ether oxygens (including phenoxy) is 2. The van der Waals surface area contributed by atoms with E-state index in [0.29, 0.717) is 21.9 Å². The first-order valence-electron chi connectivity index (χ1n) is 12.0. The number of hydrogen-bond acceptors (Lipinski definition) is 6. The number of methoxy groups -OCH3 is 1. The molecule has 0 amide bonds. The highest BCUT2D eigenvalue weighted by Gasteiger charge is 2.38. The quantitative estimate of drug-likeness (QED) is 0.412. The number of carbonyl (C=O) groups excluding carboxylic acids is 1. The van der Waals surface area contributed by atoms with E-state index in [9.17, 15) is 18.0 Å². The number of carbonyl (C=O) groups is 1. The predicted octanol–water partition coefficient (Wildman–Crippen LogP) is 5.50. The Hall–Kier alpha value is -2.85. The van der Waals surface area contributed by atoms with Crippen molar-refractivity contribution >= 4 is 23.2 Å². The van der Waals surface area contributed by atoms with Gasteiger partial charge in [0.05, 0.1) is 19.4 Å². The average Bonchev–Trinajstić information content (AvgIpc) is 3.22. The molecule has 5 rings (SSSR count). The zero-order chi connectivity index (χ0) is 25.4. The molecule has 2 atom stereocenters. The molecule has 0 radical (unpaired) electrons.